The third-order valence-corrected chi connectivity index (χ3v) is 3.62. The van der Waals surface area contributed by atoms with Crippen LogP contribution in [0.25, 0.3) is 0 Å². The monoisotopic (exact) mass is 278 g/mol. The van der Waals surface area contributed by atoms with Crippen LogP contribution in [0.5, 0.6) is 5.75 Å². The largest absolute Gasteiger partial charge is 0.495 e. The highest BCUT2D eigenvalue weighted by molar-refractivity contribution is 5.96. The molecule has 0 saturated carbocycles. The van der Waals surface area contributed by atoms with E-state index in [9.17, 15) is 4.79 Å². The SMILES string of the molecule is COc1ccccc1N1CC(C)(CCCN)OCC1=O. The second-order valence-corrected chi connectivity index (χ2v) is 5.28. The van der Waals surface area contributed by atoms with Gasteiger partial charge in [-0.2, -0.15) is 0 Å². The summed E-state index contributed by atoms with van der Waals surface area (Å²) in [6.07, 6.45) is 1.72. The van der Waals surface area contributed by atoms with Crippen LogP contribution >= 0.6 is 0 Å². The van der Waals surface area contributed by atoms with Crippen molar-refractivity contribution in [3.63, 3.8) is 0 Å². The van der Waals surface area contributed by atoms with Gasteiger partial charge in [-0.1, -0.05) is 12.1 Å². The Labute approximate surface area is 119 Å². The number of nitrogens with zero attached hydrogens (tertiary/aromatic N) is 1. The zero-order valence-corrected chi connectivity index (χ0v) is 12.1. The molecule has 2 rings (SSSR count). The van der Waals surface area contributed by atoms with E-state index in [0.29, 0.717) is 18.8 Å². The predicted molar refractivity (Wildman–Crippen MR) is 78.0 cm³/mol. The highest BCUT2D eigenvalue weighted by Crippen LogP contribution is 2.33. The normalized spacial score (nSPS) is 22.9. The lowest BCUT2D eigenvalue weighted by Crippen LogP contribution is -2.53. The van der Waals surface area contributed by atoms with Gasteiger partial charge in [0.25, 0.3) is 5.91 Å². The number of ether oxygens (including phenoxy) is 2. The molecule has 1 amide bonds. The van der Waals surface area contributed by atoms with Crippen molar-refractivity contribution >= 4 is 11.6 Å². The Morgan fingerprint density at radius 1 is 1.45 bits per heavy atom. The smallest absolute Gasteiger partial charge is 0.253 e. The molecular formula is C15H22N2O3. The number of carbonyl (C=O) groups is 1. The van der Waals surface area contributed by atoms with Crippen molar-refractivity contribution < 1.29 is 14.3 Å². The Kier molecular flexibility index (Phi) is 4.62. The molecular weight excluding hydrogens is 256 g/mol. The Bertz CT molecular complexity index is 478. The Hall–Kier alpha value is -1.59. The molecule has 0 radical (unpaired) electrons. The molecule has 0 spiro atoms. The molecule has 1 aliphatic heterocycles. The second kappa shape index (κ2) is 6.24. The fourth-order valence-corrected chi connectivity index (χ4v) is 2.48. The lowest BCUT2D eigenvalue weighted by Gasteiger charge is -2.40. The van der Waals surface area contributed by atoms with Crippen LogP contribution in [-0.4, -0.2) is 38.3 Å². The summed E-state index contributed by atoms with van der Waals surface area (Å²) in [5.74, 6) is 0.656. The maximum atomic E-state index is 12.1. The summed E-state index contributed by atoms with van der Waals surface area (Å²) in [5, 5.41) is 0. The van der Waals surface area contributed by atoms with Crippen molar-refractivity contribution in [2.75, 3.05) is 31.7 Å². The van der Waals surface area contributed by atoms with Crippen LogP contribution in [0, 0.1) is 0 Å². The molecule has 5 nitrogen and oxygen atoms in total. The third-order valence-electron chi connectivity index (χ3n) is 3.62. The van der Waals surface area contributed by atoms with Crippen LogP contribution in [0.4, 0.5) is 5.69 Å². The van der Waals surface area contributed by atoms with Crippen LogP contribution in [0.15, 0.2) is 24.3 Å². The van der Waals surface area contributed by atoms with Gasteiger partial charge >= 0.3 is 0 Å². The number of para-hydroxylation sites is 2. The molecule has 1 aromatic rings. The topological polar surface area (TPSA) is 64.8 Å². The van der Waals surface area contributed by atoms with Gasteiger partial charge in [-0.3, -0.25) is 4.79 Å². The predicted octanol–water partition coefficient (Wildman–Crippen LogP) is 1.56. The van der Waals surface area contributed by atoms with Crippen molar-refractivity contribution in [2.24, 2.45) is 5.73 Å². The summed E-state index contributed by atoms with van der Waals surface area (Å²) < 4.78 is 11.1. The van der Waals surface area contributed by atoms with Crippen molar-refractivity contribution in [1.29, 1.82) is 0 Å². The molecule has 1 saturated heterocycles. The summed E-state index contributed by atoms with van der Waals surface area (Å²) in [4.78, 5) is 13.9. The summed E-state index contributed by atoms with van der Waals surface area (Å²) in [5.41, 5.74) is 6.01. The van der Waals surface area contributed by atoms with E-state index in [1.807, 2.05) is 31.2 Å². The van der Waals surface area contributed by atoms with Crippen molar-refractivity contribution in [2.45, 2.75) is 25.4 Å². The van der Waals surface area contributed by atoms with Crippen molar-refractivity contribution in [3.8, 4) is 5.75 Å². The van der Waals surface area contributed by atoms with E-state index in [1.165, 1.54) is 0 Å². The molecule has 1 heterocycles. The Morgan fingerprint density at radius 2 is 2.20 bits per heavy atom. The van der Waals surface area contributed by atoms with Crippen LogP contribution in [0.2, 0.25) is 0 Å². The maximum absolute atomic E-state index is 12.1. The summed E-state index contributed by atoms with van der Waals surface area (Å²) in [6.45, 7) is 3.27. The fraction of sp³-hybridized carbons (Fsp3) is 0.533. The van der Waals surface area contributed by atoms with Crippen LogP contribution < -0.4 is 15.4 Å². The van der Waals surface area contributed by atoms with Gasteiger partial charge in [-0.05, 0) is 38.4 Å². The van der Waals surface area contributed by atoms with Crippen LogP contribution in [-0.2, 0) is 9.53 Å². The van der Waals surface area contributed by atoms with Gasteiger partial charge in [-0.25, -0.2) is 0 Å². The number of anilines is 1. The quantitative estimate of drug-likeness (QED) is 0.887. The molecule has 1 fully saturated rings. The molecule has 110 valence electrons. The number of hydrogen-bond acceptors (Lipinski definition) is 4. The van der Waals surface area contributed by atoms with E-state index in [4.69, 9.17) is 15.2 Å². The molecule has 20 heavy (non-hydrogen) atoms. The lowest BCUT2D eigenvalue weighted by molar-refractivity contribution is -0.137. The minimum absolute atomic E-state index is 0.0419. The first-order chi connectivity index (χ1) is 9.59. The van der Waals surface area contributed by atoms with Gasteiger partial charge in [0, 0.05) is 0 Å². The zero-order chi connectivity index (χ0) is 14.6. The van der Waals surface area contributed by atoms with Gasteiger partial charge in [0.1, 0.15) is 12.4 Å². The Balaban J connectivity index is 2.22. The molecule has 0 aliphatic carbocycles. The number of nitrogens with two attached hydrogens (primary N) is 1. The van der Waals surface area contributed by atoms with E-state index in [0.717, 1.165) is 18.5 Å². The first-order valence-corrected chi connectivity index (χ1v) is 6.87. The average molecular weight is 278 g/mol. The highest BCUT2D eigenvalue weighted by atomic mass is 16.5. The molecule has 2 N–H and O–H groups in total. The molecule has 0 aromatic heterocycles. The number of hydrogen-bond donors (Lipinski definition) is 1. The molecule has 1 unspecified atom stereocenters. The van der Waals surface area contributed by atoms with E-state index in [1.54, 1.807) is 12.0 Å². The third kappa shape index (κ3) is 3.11. The van der Waals surface area contributed by atoms with Crippen molar-refractivity contribution in [3.05, 3.63) is 24.3 Å². The minimum Gasteiger partial charge on any atom is -0.495 e. The second-order valence-electron chi connectivity index (χ2n) is 5.28. The van der Waals surface area contributed by atoms with E-state index in [2.05, 4.69) is 0 Å². The van der Waals surface area contributed by atoms with E-state index >= 15 is 0 Å². The van der Waals surface area contributed by atoms with E-state index < -0.39 is 0 Å². The lowest BCUT2D eigenvalue weighted by atomic mass is 9.97. The molecule has 1 aromatic carbocycles. The van der Waals surface area contributed by atoms with Crippen LogP contribution in [0.1, 0.15) is 19.8 Å². The molecule has 1 atom stereocenters. The molecule has 1 aliphatic rings. The number of rotatable bonds is 5. The zero-order valence-electron chi connectivity index (χ0n) is 12.1. The average Bonchev–Trinajstić information content (AvgIpc) is 2.48. The molecule has 0 bridgehead atoms. The van der Waals surface area contributed by atoms with Crippen molar-refractivity contribution in [1.82, 2.24) is 0 Å². The van der Waals surface area contributed by atoms with E-state index in [-0.39, 0.29) is 18.1 Å². The number of methoxy groups -OCH3 is 1. The highest BCUT2D eigenvalue weighted by Gasteiger charge is 2.36. The van der Waals surface area contributed by atoms with Gasteiger partial charge in [0.05, 0.1) is 24.9 Å². The number of morpholine rings is 1. The summed E-state index contributed by atoms with van der Waals surface area (Å²) in [7, 11) is 1.61. The standard InChI is InChI=1S/C15H22N2O3/c1-15(8-5-9-16)11-17(14(18)10-20-15)12-6-3-4-7-13(12)19-2/h3-4,6-7H,5,8-11,16H2,1-2H3. The number of carbonyl (C=O) groups excluding carboxylic acids is 1. The Morgan fingerprint density at radius 3 is 2.90 bits per heavy atom. The summed E-state index contributed by atoms with van der Waals surface area (Å²) >= 11 is 0. The van der Waals surface area contributed by atoms with Gasteiger partial charge < -0.3 is 20.1 Å². The fourth-order valence-electron chi connectivity index (χ4n) is 2.48. The molecule has 5 heteroatoms. The van der Waals surface area contributed by atoms with Gasteiger partial charge in [-0.15, -0.1) is 0 Å². The van der Waals surface area contributed by atoms with Gasteiger partial charge in [0.15, 0.2) is 0 Å². The number of amides is 1. The minimum atomic E-state index is -0.353. The number of benzene rings is 1. The van der Waals surface area contributed by atoms with Crippen LogP contribution in [0.3, 0.4) is 0 Å². The summed E-state index contributed by atoms with van der Waals surface area (Å²) in [6, 6.07) is 7.54. The first kappa shape index (κ1) is 14.8. The maximum Gasteiger partial charge on any atom is 0.253 e. The van der Waals surface area contributed by atoms with Gasteiger partial charge in [0.2, 0.25) is 0 Å². The first-order valence-electron chi connectivity index (χ1n) is 6.87.